The topological polar surface area (TPSA) is 123 Å². The van der Waals surface area contributed by atoms with Crippen LogP contribution in [0.15, 0.2) is 54.9 Å². The van der Waals surface area contributed by atoms with E-state index in [1.165, 1.54) is 41.1 Å². The van der Waals surface area contributed by atoms with E-state index in [1.54, 1.807) is 24.5 Å². The van der Waals surface area contributed by atoms with Crippen LogP contribution in [-0.4, -0.2) is 61.3 Å². The lowest BCUT2D eigenvalue weighted by atomic mass is 10.2. The summed E-state index contributed by atoms with van der Waals surface area (Å²) in [6.45, 7) is 0.726. The van der Waals surface area contributed by atoms with Crippen molar-refractivity contribution in [2.24, 2.45) is 0 Å². The Morgan fingerprint density at radius 2 is 1.98 bits per heavy atom. The highest BCUT2D eigenvalue weighted by Crippen LogP contribution is 2.39. The van der Waals surface area contributed by atoms with Gasteiger partial charge in [0.15, 0.2) is 11.6 Å². The molecule has 2 amide bonds. The predicted octanol–water partition coefficient (Wildman–Crippen LogP) is 4.98. The molecule has 1 fully saturated rings. The summed E-state index contributed by atoms with van der Waals surface area (Å²) in [5.74, 6) is -0.162. The summed E-state index contributed by atoms with van der Waals surface area (Å²) in [5, 5.41) is 5.42. The molecule has 0 unspecified atom stereocenters. The number of anilines is 1. The van der Waals surface area contributed by atoms with Crippen molar-refractivity contribution < 1.29 is 27.1 Å². The molecule has 0 atom stereocenters. The second-order valence-corrected chi connectivity index (χ2v) is 12.4. The number of fused-ring (bicyclic) bond motifs is 1. The lowest BCUT2D eigenvalue weighted by molar-refractivity contribution is 0.177. The van der Waals surface area contributed by atoms with Gasteiger partial charge in [0.1, 0.15) is 5.75 Å². The average molecular weight is 586 g/mol. The lowest BCUT2D eigenvalue weighted by Gasteiger charge is -2.19. The molecule has 1 saturated carbocycles. The van der Waals surface area contributed by atoms with Crippen molar-refractivity contribution in [3.8, 4) is 22.1 Å². The molecule has 4 aromatic rings. The molecule has 0 bridgehead atoms. The lowest BCUT2D eigenvalue weighted by Crippen LogP contribution is -2.32. The second kappa shape index (κ2) is 11.8. The van der Waals surface area contributed by atoms with Gasteiger partial charge in [-0.25, -0.2) is 17.6 Å². The van der Waals surface area contributed by atoms with Crippen LogP contribution in [0, 0.1) is 5.82 Å². The first-order chi connectivity index (χ1) is 19.2. The molecule has 1 aromatic carbocycles. The largest absolute Gasteiger partial charge is 0.453 e. The summed E-state index contributed by atoms with van der Waals surface area (Å²) < 4.78 is 52.0. The molecule has 2 N–H and O–H groups in total. The molecule has 13 heteroatoms. The summed E-state index contributed by atoms with van der Waals surface area (Å²) in [6, 6.07) is 11.3. The van der Waals surface area contributed by atoms with Crippen LogP contribution in [0.1, 0.15) is 18.4 Å². The minimum atomic E-state index is -3.40. The molecule has 210 valence electrons. The van der Waals surface area contributed by atoms with E-state index in [0.717, 1.165) is 28.0 Å². The number of methoxy groups -OCH3 is 1. The molecule has 3 aromatic heterocycles. The molecular formula is C27H28FN5O5S2. The molecule has 0 radical (unpaired) electrons. The first-order valence-corrected chi connectivity index (χ1v) is 15.2. The number of sulfonamides is 1. The van der Waals surface area contributed by atoms with Crippen molar-refractivity contribution in [1.29, 1.82) is 0 Å². The minimum Gasteiger partial charge on any atom is -0.453 e. The third-order valence-electron chi connectivity index (χ3n) is 6.15. The SMILES string of the molecule is COCCN(Cc1ccc(-c2cc3nccc(Oc4ccc(NC(=O)NC5CC5)cc4F)c3s2)nc1)S(C)(=O)=O. The van der Waals surface area contributed by atoms with Gasteiger partial charge in [-0.2, -0.15) is 4.31 Å². The van der Waals surface area contributed by atoms with Crippen LogP contribution in [0.3, 0.4) is 0 Å². The average Bonchev–Trinajstić information content (AvgIpc) is 3.61. The number of carbonyl (C=O) groups is 1. The quantitative estimate of drug-likeness (QED) is 0.255. The number of aromatic nitrogens is 2. The van der Waals surface area contributed by atoms with Gasteiger partial charge < -0.3 is 20.1 Å². The number of ether oxygens (including phenoxy) is 2. The van der Waals surface area contributed by atoms with Crippen LogP contribution in [0.2, 0.25) is 0 Å². The monoisotopic (exact) mass is 585 g/mol. The number of nitrogens with one attached hydrogen (secondary N) is 2. The van der Waals surface area contributed by atoms with E-state index in [2.05, 4.69) is 20.6 Å². The number of benzene rings is 1. The van der Waals surface area contributed by atoms with Crippen molar-refractivity contribution in [2.45, 2.75) is 25.4 Å². The Morgan fingerprint density at radius 1 is 1.15 bits per heavy atom. The summed E-state index contributed by atoms with van der Waals surface area (Å²) in [4.78, 5) is 21.7. The Balaban J connectivity index is 1.31. The number of nitrogens with zero attached hydrogens (tertiary/aromatic N) is 3. The summed E-state index contributed by atoms with van der Waals surface area (Å²) in [5.41, 5.74) is 2.43. The maximum Gasteiger partial charge on any atom is 0.319 e. The molecule has 3 heterocycles. The van der Waals surface area contributed by atoms with Crippen molar-refractivity contribution in [3.63, 3.8) is 0 Å². The Hall–Kier alpha value is -3.65. The second-order valence-electron chi connectivity index (χ2n) is 9.40. The van der Waals surface area contributed by atoms with Gasteiger partial charge in [-0.15, -0.1) is 11.3 Å². The molecule has 5 rings (SSSR count). The van der Waals surface area contributed by atoms with E-state index >= 15 is 0 Å². The van der Waals surface area contributed by atoms with Crippen molar-refractivity contribution in [1.82, 2.24) is 19.6 Å². The van der Waals surface area contributed by atoms with E-state index < -0.39 is 15.8 Å². The number of hydrogen-bond donors (Lipinski definition) is 2. The van der Waals surface area contributed by atoms with Crippen molar-refractivity contribution >= 4 is 43.3 Å². The van der Waals surface area contributed by atoms with Gasteiger partial charge in [0, 0.05) is 56.5 Å². The summed E-state index contributed by atoms with van der Waals surface area (Å²) in [6.07, 6.45) is 6.31. The third-order valence-corrected chi connectivity index (χ3v) is 8.56. The Bertz CT molecular complexity index is 1620. The zero-order chi connectivity index (χ0) is 28.3. The zero-order valence-electron chi connectivity index (χ0n) is 21.9. The maximum absolute atomic E-state index is 14.8. The van der Waals surface area contributed by atoms with Crippen molar-refractivity contribution in [2.75, 3.05) is 31.8 Å². The highest BCUT2D eigenvalue weighted by Gasteiger charge is 2.23. The Kier molecular flexibility index (Phi) is 8.26. The van der Waals surface area contributed by atoms with Crippen LogP contribution < -0.4 is 15.4 Å². The first-order valence-electron chi connectivity index (χ1n) is 12.5. The van der Waals surface area contributed by atoms with Crippen LogP contribution in [0.5, 0.6) is 11.5 Å². The van der Waals surface area contributed by atoms with Gasteiger partial charge in [-0.1, -0.05) is 6.07 Å². The molecule has 1 aliphatic carbocycles. The third kappa shape index (κ3) is 6.91. The van der Waals surface area contributed by atoms with Gasteiger partial charge in [0.25, 0.3) is 0 Å². The zero-order valence-corrected chi connectivity index (χ0v) is 23.5. The van der Waals surface area contributed by atoms with E-state index in [4.69, 9.17) is 9.47 Å². The molecule has 10 nitrogen and oxygen atoms in total. The molecule has 40 heavy (non-hydrogen) atoms. The number of urea groups is 1. The number of carbonyl (C=O) groups excluding carboxylic acids is 1. The number of amides is 2. The van der Waals surface area contributed by atoms with E-state index in [0.29, 0.717) is 29.3 Å². The minimum absolute atomic E-state index is 0.0157. The van der Waals surface area contributed by atoms with Gasteiger partial charge >= 0.3 is 6.03 Å². The number of pyridine rings is 2. The molecule has 0 spiro atoms. The predicted molar refractivity (Wildman–Crippen MR) is 152 cm³/mol. The Labute approximate surface area is 235 Å². The van der Waals surface area contributed by atoms with Crippen LogP contribution in [0.4, 0.5) is 14.9 Å². The highest BCUT2D eigenvalue weighted by atomic mass is 32.2. The van der Waals surface area contributed by atoms with Crippen molar-refractivity contribution in [3.05, 3.63) is 66.2 Å². The maximum atomic E-state index is 14.8. The number of halogens is 1. The fraction of sp³-hybridized carbons (Fsp3) is 0.296. The molecule has 0 saturated heterocycles. The highest BCUT2D eigenvalue weighted by molar-refractivity contribution is 7.88. The fourth-order valence-electron chi connectivity index (χ4n) is 3.90. The first kappa shape index (κ1) is 27.9. The number of rotatable bonds is 11. The normalized spacial score (nSPS) is 13.5. The van der Waals surface area contributed by atoms with Crippen LogP contribution in [-0.2, 0) is 21.3 Å². The molecule has 1 aliphatic rings. The smallest absolute Gasteiger partial charge is 0.319 e. The fourth-order valence-corrected chi connectivity index (χ4v) is 5.74. The van der Waals surface area contributed by atoms with Crippen LogP contribution >= 0.6 is 11.3 Å². The van der Waals surface area contributed by atoms with Gasteiger partial charge in [0.2, 0.25) is 10.0 Å². The van der Waals surface area contributed by atoms with E-state index in [-0.39, 0.29) is 30.9 Å². The van der Waals surface area contributed by atoms with E-state index in [1.807, 2.05) is 18.2 Å². The number of thiophene rings is 1. The van der Waals surface area contributed by atoms with Crippen LogP contribution in [0.25, 0.3) is 20.8 Å². The summed E-state index contributed by atoms with van der Waals surface area (Å²) in [7, 11) is -1.88. The van der Waals surface area contributed by atoms with E-state index in [9.17, 15) is 17.6 Å². The van der Waals surface area contributed by atoms with Gasteiger partial charge in [0.05, 0.1) is 33.7 Å². The van der Waals surface area contributed by atoms with Gasteiger partial charge in [-0.3, -0.25) is 9.97 Å². The molecular weight excluding hydrogens is 557 g/mol. The molecule has 0 aliphatic heterocycles. The summed E-state index contributed by atoms with van der Waals surface area (Å²) >= 11 is 1.40. The standard InChI is InChI=1S/C27H28FN5O5S2/c1-37-12-11-33(40(2,35)36)16-17-3-7-21(30-15-17)25-14-22-26(39-25)24(9-10-29-22)38-23-8-6-19(13-20(23)28)32-27(34)31-18-4-5-18/h3,6-10,13-15,18H,4-5,11-12,16H2,1-2H3,(H2,31,32,34). The van der Waals surface area contributed by atoms with Gasteiger partial charge in [-0.05, 0) is 42.7 Å². The Morgan fingerprint density at radius 3 is 2.65 bits per heavy atom. The number of hydrogen-bond acceptors (Lipinski definition) is 8.